The van der Waals surface area contributed by atoms with Gasteiger partial charge in [-0.25, -0.2) is 0 Å². The number of carbonyl (C=O) groups excluding carboxylic acids is 1. The molecule has 0 bridgehead atoms. The van der Waals surface area contributed by atoms with Crippen molar-refractivity contribution in [3.63, 3.8) is 0 Å². The third-order valence-corrected chi connectivity index (χ3v) is 3.68. The fraction of sp³-hybridized carbons (Fsp3) is 0.235. The van der Waals surface area contributed by atoms with Crippen LogP contribution >= 0.6 is 0 Å². The Bertz CT molecular complexity index is 622. The van der Waals surface area contributed by atoms with Gasteiger partial charge in [-0.3, -0.25) is 4.79 Å². The average molecular weight is 267 g/mol. The molecule has 2 aromatic rings. The molecule has 3 rings (SSSR count). The zero-order valence-electron chi connectivity index (χ0n) is 11.5. The van der Waals surface area contributed by atoms with E-state index in [2.05, 4.69) is 6.07 Å². The number of ether oxygens (including phenoxy) is 1. The van der Waals surface area contributed by atoms with Crippen LogP contribution in [-0.4, -0.2) is 19.6 Å². The minimum Gasteiger partial charge on any atom is -0.497 e. The van der Waals surface area contributed by atoms with Crippen molar-refractivity contribution in [2.75, 3.05) is 18.6 Å². The average Bonchev–Trinajstić information content (AvgIpc) is 2.54. The van der Waals surface area contributed by atoms with E-state index in [1.165, 1.54) is 5.56 Å². The number of aryl methyl sites for hydroxylation is 1. The maximum absolute atomic E-state index is 12.6. The molecule has 0 fully saturated rings. The van der Waals surface area contributed by atoms with E-state index in [0.717, 1.165) is 36.4 Å². The van der Waals surface area contributed by atoms with Crippen molar-refractivity contribution in [2.24, 2.45) is 0 Å². The summed E-state index contributed by atoms with van der Waals surface area (Å²) in [7, 11) is 1.65. The van der Waals surface area contributed by atoms with Gasteiger partial charge in [0.1, 0.15) is 5.75 Å². The summed E-state index contributed by atoms with van der Waals surface area (Å²) in [4.78, 5) is 14.5. The first-order valence-corrected chi connectivity index (χ1v) is 6.83. The van der Waals surface area contributed by atoms with Crippen LogP contribution < -0.4 is 9.64 Å². The molecule has 0 spiro atoms. The second kappa shape index (κ2) is 5.37. The number of benzene rings is 2. The highest BCUT2D eigenvalue weighted by molar-refractivity contribution is 6.06. The van der Waals surface area contributed by atoms with Gasteiger partial charge in [0.15, 0.2) is 0 Å². The standard InChI is InChI=1S/C17H17NO2/c1-20-15-10-9-13-8-5-11-18(16(13)12-15)17(19)14-6-3-2-4-7-14/h2-4,6-7,9-10,12H,5,8,11H2,1H3. The van der Waals surface area contributed by atoms with E-state index in [-0.39, 0.29) is 5.91 Å². The number of fused-ring (bicyclic) bond motifs is 1. The maximum atomic E-state index is 12.6. The largest absolute Gasteiger partial charge is 0.497 e. The molecule has 1 aliphatic heterocycles. The van der Waals surface area contributed by atoms with Crippen molar-refractivity contribution < 1.29 is 9.53 Å². The summed E-state index contributed by atoms with van der Waals surface area (Å²) in [6.07, 6.45) is 2.01. The van der Waals surface area contributed by atoms with Crippen LogP contribution in [0.5, 0.6) is 5.75 Å². The van der Waals surface area contributed by atoms with Crippen molar-refractivity contribution in [1.29, 1.82) is 0 Å². The van der Waals surface area contributed by atoms with E-state index in [4.69, 9.17) is 4.74 Å². The molecule has 0 N–H and O–H groups in total. The Balaban J connectivity index is 1.99. The number of nitrogens with zero attached hydrogens (tertiary/aromatic N) is 1. The minimum atomic E-state index is 0.0554. The van der Waals surface area contributed by atoms with E-state index >= 15 is 0 Å². The molecule has 0 saturated heterocycles. The highest BCUT2D eigenvalue weighted by Gasteiger charge is 2.23. The van der Waals surface area contributed by atoms with Crippen LogP contribution in [0.2, 0.25) is 0 Å². The first kappa shape index (κ1) is 12.7. The van der Waals surface area contributed by atoms with Gasteiger partial charge in [0.05, 0.1) is 12.8 Å². The zero-order chi connectivity index (χ0) is 13.9. The summed E-state index contributed by atoms with van der Waals surface area (Å²) < 4.78 is 5.28. The molecule has 2 aromatic carbocycles. The quantitative estimate of drug-likeness (QED) is 0.835. The van der Waals surface area contributed by atoms with Crippen LogP contribution in [0.25, 0.3) is 0 Å². The van der Waals surface area contributed by atoms with Gasteiger partial charge in [-0.15, -0.1) is 0 Å². The molecule has 20 heavy (non-hydrogen) atoms. The molecule has 1 amide bonds. The molecule has 0 aliphatic carbocycles. The molecular formula is C17H17NO2. The molecule has 0 aromatic heterocycles. The predicted molar refractivity (Wildman–Crippen MR) is 79.4 cm³/mol. The highest BCUT2D eigenvalue weighted by atomic mass is 16.5. The summed E-state index contributed by atoms with van der Waals surface area (Å²) in [6, 6.07) is 15.4. The molecular weight excluding hydrogens is 250 g/mol. The van der Waals surface area contributed by atoms with Crippen molar-refractivity contribution in [2.45, 2.75) is 12.8 Å². The molecule has 3 heteroatoms. The number of carbonyl (C=O) groups is 1. The first-order chi connectivity index (χ1) is 9.79. The Hall–Kier alpha value is -2.29. The Morgan fingerprint density at radius 3 is 2.70 bits per heavy atom. The van der Waals surface area contributed by atoms with Crippen LogP contribution in [0.4, 0.5) is 5.69 Å². The van der Waals surface area contributed by atoms with E-state index in [1.54, 1.807) is 7.11 Å². The minimum absolute atomic E-state index is 0.0554. The van der Waals surface area contributed by atoms with Gasteiger partial charge in [0.2, 0.25) is 0 Å². The lowest BCUT2D eigenvalue weighted by atomic mass is 10.0. The van der Waals surface area contributed by atoms with Crippen LogP contribution in [0.1, 0.15) is 22.3 Å². The van der Waals surface area contributed by atoms with Crippen molar-refractivity contribution >= 4 is 11.6 Å². The van der Waals surface area contributed by atoms with Gasteiger partial charge < -0.3 is 9.64 Å². The fourth-order valence-electron chi connectivity index (χ4n) is 2.63. The van der Waals surface area contributed by atoms with Gasteiger partial charge in [-0.05, 0) is 36.6 Å². The lowest BCUT2D eigenvalue weighted by Crippen LogP contribution is -2.35. The predicted octanol–water partition coefficient (Wildman–Crippen LogP) is 3.29. The molecule has 0 saturated carbocycles. The molecule has 1 aliphatic rings. The number of rotatable bonds is 2. The van der Waals surface area contributed by atoms with Crippen LogP contribution in [0.15, 0.2) is 48.5 Å². The van der Waals surface area contributed by atoms with Gasteiger partial charge in [0.25, 0.3) is 5.91 Å². The van der Waals surface area contributed by atoms with Gasteiger partial charge >= 0.3 is 0 Å². The summed E-state index contributed by atoms with van der Waals surface area (Å²) in [5.41, 5.74) is 2.91. The fourth-order valence-corrected chi connectivity index (χ4v) is 2.63. The van der Waals surface area contributed by atoms with Crippen LogP contribution in [0, 0.1) is 0 Å². The summed E-state index contributed by atoms with van der Waals surface area (Å²) in [5.74, 6) is 0.844. The molecule has 0 radical (unpaired) electrons. The van der Waals surface area contributed by atoms with Crippen LogP contribution in [-0.2, 0) is 6.42 Å². The van der Waals surface area contributed by atoms with E-state index in [0.29, 0.717) is 0 Å². The lowest BCUT2D eigenvalue weighted by Gasteiger charge is -2.30. The summed E-state index contributed by atoms with van der Waals surface area (Å²) >= 11 is 0. The Morgan fingerprint density at radius 1 is 1.15 bits per heavy atom. The Labute approximate surface area is 118 Å². The molecule has 0 unspecified atom stereocenters. The summed E-state index contributed by atoms with van der Waals surface area (Å²) in [5, 5.41) is 0. The molecule has 1 heterocycles. The molecule has 3 nitrogen and oxygen atoms in total. The SMILES string of the molecule is COc1ccc2c(c1)N(C(=O)c1ccccc1)CCC2. The second-order valence-corrected chi connectivity index (χ2v) is 4.92. The normalized spacial score (nSPS) is 13.8. The third kappa shape index (κ3) is 2.27. The topological polar surface area (TPSA) is 29.5 Å². The van der Waals surface area contributed by atoms with Crippen LogP contribution in [0.3, 0.4) is 0 Å². The molecule has 102 valence electrons. The van der Waals surface area contributed by atoms with Crippen molar-refractivity contribution in [3.8, 4) is 5.75 Å². The van der Waals surface area contributed by atoms with Crippen molar-refractivity contribution in [3.05, 3.63) is 59.7 Å². The third-order valence-electron chi connectivity index (χ3n) is 3.68. The number of hydrogen-bond acceptors (Lipinski definition) is 2. The monoisotopic (exact) mass is 267 g/mol. The van der Waals surface area contributed by atoms with Gasteiger partial charge in [0, 0.05) is 18.2 Å². The van der Waals surface area contributed by atoms with Crippen molar-refractivity contribution in [1.82, 2.24) is 0 Å². The second-order valence-electron chi connectivity index (χ2n) is 4.92. The Morgan fingerprint density at radius 2 is 1.95 bits per heavy atom. The summed E-state index contributed by atoms with van der Waals surface area (Å²) in [6.45, 7) is 0.758. The molecule has 0 atom stereocenters. The first-order valence-electron chi connectivity index (χ1n) is 6.83. The number of anilines is 1. The number of amides is 1. The van der Waals surface area contributed by atoms with E-state index in [9.17, 15) is 4.79 Å². The van der Waals surface area contributed by atoms with Gasteiger partial charge in [-0.1, -0.05) is 24.3 Å². The van der Waals surface area contributed by atoms with E-state index in [1.807, 2.05) is 47.4 Å². The zero-order valence-corrected chi connectivity index (χ0v) is 11.5. The highest BCUT2D eigenvalue weighted by Crippen LogP contribution is 2.31. The van der Waals surface area contributed by atoms with Gasteiger partial charge in [-0.2, -0.15) is 0 Å². The maximum Gasteiger partial charge on any atom is 0.258 e. The Kier molecular flexibility index (Phi) is 3.42. The lowest BCUT2D eigenvalue weighted by molar-refractivity contribution is 0.0985. The smallest absolute Gasteiger partial charge is 0.258 e. The number of hydrogen-bond donors (Lipinski definition) is 0. The number of methoxy groups -OCH3 is 1. The van der Waals surface area contributed by atoms with E-state index < -0.39 is 0 Å².